The van der Waals surface area contributed by atoms with E-state index in [1.165, 1.54) is 83.5 Å². The zero-order valence-electron chi connectivity index (χ0n) is 21.1. The van der Waals surface area contributed by atoms with E-state index < -0.39 is 18.0 Å². The van der Waals surface area contributed by atoms with Gasteiger partial charge in [0.2, 0.25) is 0 Å². The highest BCUT2D eigenvalue weighted by molar-refractivity contribution is 7.99. The third-order valence-corrected chi connectivity index (χ3v) is 7.20. The quantitative estimate of drug-likeness (QED) is 0.117. The Balaban J connectivity index is 1.93. The Morgan fingerprint density at radius 3 is 1.71 bits per heavy atom. The van der Waals surface area contributed by atoms with Gasteiger partial charge in [-0.3, -0.25) is 4.79 Å². The summed E-state index contributed by atoms with van der Waals surface area (Å²) in [5, 5.41) is 17.8. The van der Waals surface area contributed by atoms with Gasteiger partial charge in [-0.1, -0.05) is 103 Å². The number of benzene rings is 1. The number of carboxylic acids is 2. The summed E-state index contributed by atoms with van der Waals surface area (Å²) in [4.78, 5) is 22.7. The van der Waals surface area contributed by atoms with Crippen LogP contribution in [0.5, 0.6) is 5.75 Å². The minimum atomic E-state index is -0.913. The average molecular weight is 495 g/mol. The van der Waals surface area contributed by atoms with Crippen molar-refractivity contribution in [1.29, 1.82) is 0 Å². The highest BCUT2D eigenvalue weighted by Crippen LogP contribution is 2.31. The molecule has 0 fully saturated rings. The molecule has 6 heteroatoms. The summed E-state index contributed by atoms with van der Waals surface area (Å²) >= 11 is 1.76. The molecule has 0 radical (unpaired) electrons. The van der Waals surface area contributed by atoms with E-state index in [4.69, 9.17) is 9.84 Å². The maximum absolute atomic E-state index is 11.2. The van der Waals surface area contributed by atoms with Crippen molar-refractivity contribution in [1.82, 2.24) is 0 Å². The van der Waals surface area contributed by atoms with Gasteiger partial charge in [-0.25, -0.2) is 4.79 Å². The summed E-state index contributed by atoms with van der Waals surface area (Å²) in [5.74, 6) is 0.123. The van der Waals surface area contributed by atoms with Crippen LogP contribution in [0.15, 0.2) is 29.2 Å². The molecule has 1 aromatic carbocycles. The molecule has 0 spiro atoms. The van der Waals surface area contributed by atoms with E-state index in [-0.39, 0.29) is 0 Å². The van der Waals surface area contributed by atoms with E-state index in [9.17, 15) is 14.7 Å². The third kappa shape index (κ3) is 16.0. The summed E-state index contributed by atoms with van der Waals surface area (Å²) in [6.07, 6.45) is 18.6. The van der Waals surface area contributed by atoms with E-state index in [0.717, 1.165) is 23.5 Å². The molecule has 0 aliphatic carbocycles. The van der Waals surface area contributed by atoms with Crippen LogP contribution in [0.25, 0.3) is 0 Å². The second-order valence-electron chi connectivity index (χ2n) is 9.10. The summed E-state index contributed by atoms with van der Waals surface area (Å²) in [6, 6.07) is 7.74. The van der Waals surface area contributed by atoms with Gasteiger partial charge in [0.25, 0.3) is 0 Å². The first-order valence-electron chi connectivity index (χ1n) is 13.4. The SMILES string of the molecule is CCC(Oc1ccccc1SCCCCCCCCCCCCCCCCCC(=O)O)C(=O)O. The van der Waals surface area contributed by atoms with Crippen molar-refractivity contribution in [2.45, 2.75) is 127 Å². The van der Waals surface area contributed by atoms with Gasteiger partial charge in [0.15, 0.2) is 6.10 Å². The lowest BCUT2D eigenvalue weighted by Gasteiger charge is -2.16. The zero-order chi connectivity index (χ0) is 24.9. The molecule has 5 nitrogen and oxygen atoms in total. The molecule has 1 aromatic rings. The zero-order valence-corrected chi connectivity index (χ0v) is 22.0. The fraction of sp³-hybridized carbons (Fsp3) is 0.714. The first-order valence-corrected chi connectivity index (χ1v) is 14.4. The lowest BCUT2D eigenvalue weighted by atomic mass is 10.0. The van der Waals surface area contributed by atoms with Crippen molar-refractivity contribution in [2.24, 2.45) is 0 Å². The Kier molecular flexibility index (Phi) is 18.4. The Morgan fingerprint density at radius 1 is 0.765 bits per heavy atom. The Labute approximate surface area is 211 Å². The molecule has 1 unspecified atom stereocenters. The van der Waals surface area contributed by atoms with Gasteiger partial charge >= 0.3 is 11.9 Å². The number of hydrogen-bond acceptors (Lipinski definition) is 4. The number of thioether (sulfide) groups is 1. The van der Waals surface area contributed by atoms with E-state index in [2.05, 4.69) is 0 Å². The van der Waals surface area contributed by atoms with Crippen LogP contribution in [-0.4, -0.2) is 34.0 Å². The Bertz CT molecular complexity index is 664. The lowest BCUT2D eigenvalue weighted by Crippen LogP contribution is -2.26. The number of rotatable bonds is 23. The molecule has 2 N–H and O–H groups in total. The molecule has 0 bridgehead atoms. The fourth-order valence-corrected chi connectivity index (χ4v) is 4.99. The minimum Gasteiger partial charge on any atom is -0.481 e. The predicted octanol–water partition coefficient (Wildman–Crippen LogP) is 8.35. The molecule has 0 heterocycles. The van der Waals surface area contributed by atoms with Crippen LogP contribution in [0.1, 0.15) is 116 Å². The summed E-state index contributed by atoms with van der Waals surface area (Å²) in [7, 11) is 0. The van der Waals surface area contributed by atoms with Gasteiger partial charge in [0, 0.05) is 11.3 Å². The number of carbonyl (C=O) groups is 2. The lowest BCUT2D eigenvalue weighted by molar-refractivity contribution is -0.145. The highest BCUT2D eigenvalue weighted by atomic mass is 32.2. The molecule has 34 heavy (non-hydrogen) atoms. The number of unbranched alkanes of at least 4 members (excludes halogenated alkanes) is 14. The van der Waals surface area contributed by atoms with E-state index in [1.807, 2.05) is 31.2 Å². The van der Waals surface area contributed by atoms with Crippen molar-refractivity contribution < 1.29 is 24.5 Å². The van der Waals surface area contributed by atoms with Crippen LogP contribution >= 0.6 is 11.8 Å². The second-order valence-corrected chi connectivity index (χ2v) is 10.2. The molecular weight excluding hydrogens is 448 g/mol. The van der Waals surface area contributed by atoms with Crippen molar-refractivity contribution in [3.63, 3.8) is 0 Å². The molecule has 194 valence electrons. The topological polar surface area (TPSA) is 83.8 Å². The van der Waals surface area contributed by atoms with Crippen LogP contribution < -0.4 is 4.74 Å². The van der Waals surface area contributed by atoms with E-state index >= 15 is 0 Å². The number of ether oxygens (including phenoxy) is 1. The first-order chi connectivity index (χ1) is 16.5. The monoisotopic (exact) mass is 494 g/mol. The van der Waals surface area contributed by atoms with Crippen LogP contribution in [0.4, 0.5) is 0 Å². The van der Waals surface area contributed by atoms with Gasteiger partial charge in [-0.15, -0.1) is 11.8 Å². The highest BCUT2D eigenvalue weighted by Gasteiger charge is 2.18. The third-order valence-electron chi connectivity index (χ3n) is 6.06. The molecule has 0 amide bonds. The normalized spacial score (nSPS) is 11.9. The van der Waals surface area contributed by atoms with Crippen molar-refractivity contribution in [3.05, 3.63) is 24.3 Å². The molecule has 0 aliphatic rings. The molecule has 0 aromatic heterocycles. The molecule has 1 atom stereocenters. The minimum absolute atomic E-state index is 0.318. The maximum Gasteiger partial charge on any atom is 0.344 e. The summed E-state index contributed by atoms with van der Waals surface area (Å²) in [5.41, 5.74) is 0. The fourth-order valence-electron chi connectivity index (χ4n) is 3.99. The standard InChI is InChI=1S/C28H46O5S/c1-2-24(28(31)32)33-25-20-17-18-21-26(25)34-23-19-15-13-11-9-7-5-3-4-6-8-10-12-14-16-22-27(29)30/h17-18,20-21,24H,2-16,19,22-23H2,1H3,(H,29,30)(H,31,32). The number of carboxylic acid groups (broad SMARTS) is 2. The van der Waals surface area contributed by atoms with Gasteiger partial charge < -0.3 is 14.9 Å². The van der Waals surface area contributed by atoms with Gasteiger partial charge in [0.05, 0.1) is 0 Å². The number of aliphatic carboxylic acids is 2. The molecule has 1 rings (SSSR count). The van der Waals surface area contributed by atoms with Gasteiger partial charge in [-0.2, -0.15) is 0 Å². The van der Waals surface area contributed by atoms with E-state index in [0.29, 0.717) is 18.6 Å². The summed E-state index contributed by atoms with van der Waals surface area (Å²) < 4.78 is 5.71. The van der Waals surface area contributed by atoms with Crippen LogP contribution in [0.3, 0.4) is 0 Å². The average Bonchev–Trinajstić information content (AvgIpc) is 2.82. The van der Waals surface area contributed by atoms with Gasteiger partial charge in [-0.05, 0) is 37.1 Å². The molecule has 0 saturated carbocycles. The van der Waals surface area contributed by atoms with Crippen molar-refractivity contribution >= 4 is 23.7 Å². The number of hydrogen-bond donors (Lipinski definition) is 2. The van der Waals surface area contributed by atoms with Crippen LogP contribution in [0, 0.1) is 0 Å². The van der Waals surface area contributed by atoms with Crippen molar-refractivity contribution in [2.75, 3.05) is 5.75 Å². The Hall–Kier alpha value is -1.69. The molecule has 0 aliphatic heterocycles. The Morgan fingerprint density at radius 2 is 1.24 bits per heavy atom. The second kappa shape index (κ2) is 20.7. The van der Waals surface area contributed by atoms with Gasteiger partial charge in [0.1, 0.15) is 5.75 Å². The molecular formula is C28H46O5S. The maximum atomic E-state index is 11.2. The molecule has 0 saturated heterocycles. The summed E-state index contributed by atoms with van der Waals surface area (Å²) in [6.45, 7) is 1.83. The smallest absolute Gasteiger partial charge is 0.344 e. The first kappa shape index (κ1) is 30.3. The van der Waals surface area contributed by atoms with E-state index in [1.54, 1.807) is 11.8 Å². The van der Waals surface area contributed by atoms with Crippen molar-refractivity contribution in [3.8, 4) is 5.75 Å². The van der Waals surface area contributed by atoms with Crippen LogP contribution in [-0.2, 0) is 9.59 Å². The van der Waals surface area contributed by atoms with Crippen LogP contribution in [0.2, 0.25) is 0 Å². The number of para-hydroxylation sites is 1. The largest absolute Gasteiger partial charge is 0.481 e. The predicted molar refractivity (Wildman–Crippen MR) is 141 cm³/mol.